The highest BCUT2D eigenvalue weighted by Gasteiger charge is 2.28. The maximum atomic E-state index is 11.7. The molecule has 9 heteroatoms. The molecule has 2 aliphatic rings. The van der Waals surface area contributed by atoms with E-state index in [1.54, 1.807) is 0 Å². The van der Waals surface area contributed by atoms with Gasteiger partial charge in [-0.1, -0.05) is 17.7 Å². The fourth-order valence-electron chi connectivity index (χ4n) is 3.63. The van der Waals surface area contributed by atoms with Crippen molar-refractivity contribution in [2.75, 3.05) is 56.2 Å². The second kappa shape index (κ2) is 9.33. The second-order valence-electron chi connectivity index (χ2n) is 7.47. The van der Waals surface area contributed by atoms with Gasteiger partial charge in [-0.15, -0.1) is 0 Å². The van der Waals surface area contributed by atoms with Crippen LogP contribution in [0.15, 0.2) is 23.2 Å². The highest BCUT2D eigenvalue weighted by molar-refractivity contribution is 7.91. The number of sulfone groups is 1. The van der Waals surface area contributed by atoms with Crippen molar-refractivity contribution < 1.29 is 8.42 Å². The molecule has 0 radical (unpaired) electrons. The SMILES string of the molecule is CCNC(=NCc1c(Cl)cccc1N1CCN(C)CC1)NC1CCS(=O)(=O)C1. The van der Waals surface area contributed by atoms with Crippen molar-refractivity contribution in [1.29, 1.82) is 0 Å². The summed E-state index contributed by atoms with van der Waals surface area (Å²) >= 11 is 6.52. The van der Waals surface area contributed by atoms with Crippen LogP contribution in [0.5, 0.6) is 0 Å². The molecule has 1 unspecified atom stereocenters. The van der Waals surface area contributed by atoms with Crippen molar-refractivity contribution >= 4 is 33.1 Å². The highest BCUT2D eigenvalue weighted by Crippen LogP contribution is 2.29. The van der Waals surface area contributed by atoms with Crippen LogP contribution < -0.4 is 15.5 Å². The number of nitrogens with one attached hydrogen (secondary N) is 2. The van der Waals surface area contributed by atoms with Crippen LogP contribution in [0.25, 0.3) is 0 Å². The Labute approximate surface area is 173 Å². The highest BCUT2D eigenvalue weighted by atomic mass is 35.5. The van der Waals surface area contributed by atoms with Crippen LogP contribution >= 0.6 is 11.6 Å². The van der Waals surface area contributed by atoms with Crippen molar-refractivity contribution in [3.05, 3.63) is 28.8 Å². The van der Waals surface area contributed by atoms with Crippen LogP contribution in [0, 0.1) is 0 Å². The van der Waals surface area contributed by atoms with E-state index in [-0.39, 0.29) is 17.5 Å². The Kier molecular flexibility index (Phi) is 7.06. The number of nitrogens with zero attached hydrogens (tertiary/aromatic N) is 3. The Morgan fingerprint density at radius 1 is 1.29 bits per heavy atom. The third-order valence-electron chi connectivity index (χ3n) is 5.25. The van der Waals surface area contributed by atoms with Crippen molar-refractivity contribution in [3.8, 4) is 0 Å². The topological polar surface area (TPSA) is 77.0 Å². The van der Waals surface area contributed by atoms with E-state index in [0.717, 1.165) is 37.4 Å². The minimum atomic E-state index is -2.93. The molecule has 2 heterocycles. The molecule has 1 atom stereocenters. The normalized spacial score (nSPS) is 23.0. The number of benzene rings is 1. The van der Waals surface area contributed by atoms with E-state index >= 15 is 0 Å². The molecule has 2 fully saturated rings. The smallest absolute Gasteiger partial charge is 0.191 e. The summed E-state index contributed by atoms with van der Waals surface area (Å²) in [7, 11) is -0.796. The maximum absolute atomic E-state index is 11.7. The molecule has 0 saturated carbocycles. The lowest BCUT2D eigenvalue weighted by Gasteiger charge is -2.35. The lowest BCUT2D eigenvalue weighted by atomic mass is 10.1. The molecular weight excluding hydrogens is 398 g/mol. The Bertz CT molecular complexity index is 807. The molecule has 1 aromatic carbocycles. The minimum absolute atomic E-state index is 0.0915. The minimum Gasteiger partial charge on any atom is -0.369 e. The fourth-order valence-corrected chi connectivity index (χ4v) is 5.53. The molecule has 2 N–H and O–H groups in total. The first-order valence-corrected chi connectivity index (χ1v) is 12.0. The molecular formula is C19H30ClN5O2S. The molecule has 28 heavy (non-hydrogen) atoms. The number of piperazine rings is 1. The van der Waals surface area contributed by atoms with Crippen LogP contribution in [0.1, 0.15) is 18.9 Å². The molecule has 0 aliphatic carbocycles. The Morgan fingerprint density at radius 3 is 2.68 bits per heavy atom. The van der Waals surface area contributed by atoms with E-state index in [4.69, 9.17) is 16.6 Å². The summed E-state index contributed by atoms with van der Waals surface area (Å²) in [5.74, 6) is 1.03. The summed E-state index contributed by atoms with van der Waals surface area (Å²) in [6.07, 6.45) is 0.616. The van der Waals surface area contributed by atoms with Crippen molar-refractivity contribution in [1.82, 2.24) is 15.5 Å². The van der Waals surface area contributed by atoms with Gasteiger partial charge in [0.05, 0.1) is 18.1 Å². The van der Waals surface area contributed by atoms with Gasteiger partial charge in [0, 0.05) is 55.0 Å². The third-order valence-corrected chi connectivity index (χ3v) is 7.37. The van der Waals surface area contributed by atoms with Crippen molar-refractivity contribution in [3.63, 3.8) is 0 Å². The van der Waals surface area contributed by atoms with Gasteiger partial charge in [0.25, 0.3) is 0 Å². The number of rotatable bonds is 5. The summed E-state index contributed by atoms with van der Waals surface area (Å²) in [6, 6.07) is 5.89. The van der Waals surface area contributed by atoms with Crippen LogP contribution in [0.2, 0.25) is 5.02 Å². The lowest BCUT2D eigenvalue weighted by Crippen LogP contribution is -2.45. The van der Waals surface area contributed by atoms with Gasteiger partial charge in [0.2, 0.25) is 0 Å². The van der Waals surface area contributed by atoms with E-state index in [2.05, 4.69) is 33.5 Å². The first-order valence-electron chi connectivity index (χ1n) is 9.84. The third kappa shape index (κ3) is 5.52. The van der Waals surface area contributed by atoms with Crippen LogP contribution in [-0.4, -0.2) is 76.6 Å². The number of aliphatic imine (C=N–C) groups is 1. The standard InChI is InChI=1S/C19H30ClN5O2S/c1-3-21-19(23-15-7-12-28(26,27)14-15)22-13-16-17(20)5-4-6-18(16)25-10-8-24(2)9-11-25/h4-6,15H,3,7-14H2,1-2H3,(H2,21,22,23). The predicted octanol–water partition coefficient (Wildman–Crippen LogP) is 1.33. The molecule has 7 nitrogen and oxygen atoms in total. The predicted molar refractivity (Wildman–Crippen MR) is 116 cm³/mol. The van der Waals surface area contributed by atoms with Crippen LogP contribution in [0.4, 0.5) is 5.69 Å². The molecule has 2 saturated heterocycles. The van der Waals surface area contributed by atoms with Gasteiger partial charge in [0.1, 0.15) is 0 Å². The summed E-state index contributed by atoms with van der Waals surface area (Å²) in [4.78, 5) is 9.39. The van der Waals surface area contributed by atoms with E-state index in [0.29, 0.717) is 30.5 Å². The molecule has 0 aromatic heterocycles. The Hall–Kier alpha value is -1.51. The molecule has 1 aromatic rings. The fraction of sp³-hybridized carbons (Fsp3) is 0.632. The molecule has 0 bridgehead atoms. The lowest BCUT2D eigenvalue weighted by molar-refractivity contribution is 0.312. The second-order valence-corrected chi connectivity index (χ2v) is 10.1. The first kappa shape index (κ1) is 21.2. The summed E-state index contributed by atoms with van der Waals surface area (Å²) in [5, 5.41) is 7.18. The summed E-state index contributed by atoms with van der Waals surface area (Å²) in [5.41, 5.74) is 2.13. The van der Waals surface area contributed by atoms with E-state index < -0.39 is 9.84 Å². The van der Waals surface area contributed by atoms with Gasteiger partial charge in [-0.3, -0.25) is 0 Å². The van der Waals surface area contributed by atoms with Gasteiger partial charge < -0.3 is 20.4 Å². The molecule has 2 aliphatic heterocycles. The number of halogens is 1. The van der Waals surface area contributed by atoms with Gasteiger partial charge in [-0.2, -0.15) is 0 Å². The number of anilines is 1. The summed E-state index contributed by atoms with van der Waals surface area (Å²) in [6.45, 7) is 7.12. The molecule has 0 amide bonds. The van der Waals surface area contributed by atoms with E-state index in [1.807, 2.05) is 19.1 Å². The molecule has 0 spiro atoms. The van der Waals surface area contributed by atoms with E-state index in [1.165, 1.54) is 0 Å². The van der Waals surface area contributed by atoms with Crippen molar-refractivity contribution in [2.45, 2.75) is 25.9 Å². The monoisotopic (exact) mass is 427 g/mol. The zero-order valence-electron chi connectivity index (χ0n) is 16.6. The zero-order chi connectivity index (χ0) is 20.1. The molecule has 3 rings (SSSR count). The quantitative estimate of drug-likeness (QED) is 0.545. The zero-order valence-corrected chi connectivity index (χ0v) is 18.2. The number of guanidine groups is 1. The number of hydrogen-bond donors (Lipinski definition) is 2. The maximum Gasteiger partial charge on any atom is 0.191 e. The number of hydrogen-bond acceptors (Lipinski definition) is 5. The van der Waals surface area contributed by atoms with Gasteiger partial charge in [-0.25, -0.2) is 13.4 Å². The van der Waals surface area contributed by atoms with Crippen LogP contribution in [0.3, 0.4) is 0 Å². The average Bonchev–Trinajstić information content (AvgIpc) is 2.99. The average molecular weight is 428 g/mol. The Morgan fingerprint density at radius 2 is 2.04 bits per heavy atom. The van der Waals surface area contributed by atoms with Crippen molar-refractivity contribution in [2.24, 2.45) is 4.99 Å². The van der Waals surface area contributed by atoms with Gasteiger partial charge in [-0.05, 0) is 32.5 Å². The largest absolute Gasteiger partial charge is 0.369 e. The Balaban J connectivity index is 1.75. The molecule has 156 valence electrons. The first-order chi connectivity index (χ1) is 13.4. The van der Waals surface area contributed by atoms with Crippen LogP contribution in [-0.2, 0) is 16.4 Å². The number of likely N-dealkylation sites (N-methyl/N-ethyl adjacent to an activating group) is 1. The summed E-state index contributed by atoms with van der Waals surface area (Å²) < 4.78 is 23.4. The van der Waals surface area contributed by atoms with E-state index in [9.17, 15) is 8.42 Å². The van der Waals surface area contributed by atoms with Gasteiger partial charge >= 0.3 is 0 Å². The van der Waals surface area contributed by atoms with Gasteiger partial charge in [0.15, 0.2) is 15.8 Å².